The Morgan fingerprint density at radius 1 is 0.852 bits per heavy atom. The Balaban J connectivity index is 1.50. The van der Waals surface area contributed by atoms with Crippen LogP contribution in [0.25, 0.3) is 0 Å². The van der Waals surface area contributed by atoms with Gasteiger partial charge in [0.2, 0.25) is 0 Å². The van der Waals surface area contributed by atoms with Crippen LogP contribution in [0.4, 0.5) is 0 Å². The first kappa shape index (κ1) is 17.7. The molecule has 1 heterocycles. The highest BCUT2D eigenvalue weighted by molar-refractivity contribution is 5.85. The van der Waals surface area contributed by atoms with E-state index in [1.807, 2.05) is 48.6 Å². The van der Waals surface area contributed by atoms with E-state index in [1.54, 1.807) is 0 Å². The molecule has 4 rings (SSSR count). The Hall–Kier alpha value is -2.65. The van der Waals surface area contributed by atoms with Gasteiger partial charge >= 0.3 is 5.97 Å². The van der Waals surface area contributed by atoms with Gasteiger partial charge in [-0.3, -0.25) is 4.90 Å². The fourth-order valence-corrected chi connectivity index (χ4v) is 4.31. The fraction of sp³-hybridized carbons (Fsp3) is 0.292. The molecular formula is C24H25NO2. The van der Waals surface area contributed by atoms with E-state index in [1.165, 1.54) is 11.1 Å². The summed E-state index contributed by atoms with van der Waals surface area (Å²) in [4.78, 5) is 14.3. The van der Waals surface area contributed by atoms with Crippen molar-refractivity contribution >= 4 is 5.97 Å². The minimum Gasteiger partial charge on any atom is -0.479 e. The van der Waals surface area contributed by atoms with E-state index < -0.39 is 11.5 Å². The normalized spacial score (nSPS) is 26.1. The number of carboxylic acid groups (broad SMARTS) is 1. The van der Waals surface area contributed by atoms with E-state index >= 15 is 0 Å². The maximum absolute atomic E-state index is 12.2. The third kappa shape index (κ3) is 3.47. The molecule has 2 aliphatic rings. The lowest BCUT2D eigenvalue weighted by Gasteiger charge is -2.42. The molecule has 0 bridgehead atoms. The number of carbonyl (C=O) groups is 1. The van der Waals surface area contributed by atoms with Crippen molar-refractivity contribution in [3.05, 3.63) is 96.1 Å². The SMILES string of the molecule is O=C(O)C1(N2CCC(c3ccccc3)CC2)C=CC(c2ccccc2)C=C1. The van der Waals surface area contributed by atoms with Crippen LogP contribution in [0.2, 0.25) is 0 Å². The third-order valence-electron chi connectivity index (χ3n) is 5.93. The lowest BCUT2D eigenvalue weighted by molar-refractivity contribution is -0.146. The van der Waals surface area contributed by atoms with E-state index in [4.69, 9.17) is 0 Å². The van der Waals surface area contributed by atoms with Gasteiger partial charge in [0.05, 0.1) is 0 Å². The average molecular weight is 359 g/mol. The predicted molar refractivity (Wildman–Crippen MR) is 108 cm³/mol. The number of benzene rings is 2. The number of allylic oxidation sites excluding steroid dienone is 2. The van der Waals surface area contributed by atoms with Gasteiger partial charge in [-0.15, -0.1) is 0 Å². The van der Waals surface area contributed by atoms with Crippen LogP contribution in [0, 0.1) is 0 Å². The summed E-state index contributed by atoms with van der Waals surface area (Å²) in [7, 11) is 0. The first-order chi connectivity index (χ1) is 13.2. The van der Waals surface area contributed by atoms with Gasteiger partial charge in [0.25, 0.3) is 0 Å². The van der Waals surface area contributed by atoms with Crippen molar-refractivity contribution in [3.8, 4) is 0 Å². The molecule has 2 aromatic rings. The summed E-state index contributed by atoms with van der Waals surface area (Å²) in [6.45, 7) is 1.58. The molecule has 1 N–H and O–H groups in total. The lowest BCUT2D eigenvalue weighted by atomic mass is 9.82. The largest absolute Gasteiger partial charge is 0.479 e. The molecule has 0 radical (unpaired) electrons. The standard InChI is InChI=1S/C24H25NO2/c26-23(27)24(15-11-21(12-16-24)19-7-3-1-4-8-19)25-17-13-22(14-18-25)20-9-5-2-6-10-20/h1-12,15-16,21-22H,13-14,17-18H2,(H,26,27). The molecule has 0 unspecified atom stereocenters. The molecule has 1 fully saturated rings. The summed E-state index contributed by atoms with van der Waals surface area (Å²) in [5.74, 6) is -0.137. The quantitative estimate of drug-likeness (QED) is 0.811. The Kier molecular flexibility index (Phi) is 4.95. The van der Waals surface area contributed by atoms with Gasteiger partial charge in [-0.25, -0.2) is 4.79 Å². The molecule has 0 amide bonds. The lowest BCUT2D eigenvalue weighted by Crippen LogP contribution is -2.55. The van der Waals surface area contributed by atoms with Gasteiger partial charge in [-0.2, -0.15) is 0 Å². The molecule has 27 heavy (non-hydrogen) atoms. The Labute approximate surface area is 160 Å². The molecule has 0 spiro atoms. The minimum atomic E-state index is -1.02. The van der Waals surface area contributed by atoms with E-state index in [2.05, 4.69) is 41.3 Å². The monoisotopic (exact) mass is 359 g/mol. The molecule has 0 aromatic heterocycles. The Morgan fingerprint density at radius 2 is 1.37 bits per heavy atom. The molecule has 3 nitrogen and oxygen atoms in total. The summed E-state index contributed by atoms with van der Waals surface area (Å²) in [6.07, 6.45) is 9.82. The fourth-order valence-electron chi connectivity index (χ4n) is 4.31. The first-order valence-corrected chi connectivity index (χ1v) is 9.66. The minimum absolute atomic E-state index is 0.139. The zero-order valence-electron chi connectivity index (χ0n) is 15.4. The average Bonchev–Trinajstić information content (AvgIpc) is 2.75. The Bertz CT molecular complexity index is 819. The van der Waals surface area contributed by atoms with Crippen LogP contribution >= 0.6 is 0 Å². The van der Waals surface area contributed by atoms with Crippen LogP contribution in [-0.2, 0) is 4.79 Å². The van der Waals surface area contributed by atoms with Gasteiger partial charge in [0, 0.05) is 19.0 Å². The van der Waals surface area contributed by atoms with Gasteiger partial charge in [0.15, 0.2) is 5.54 Å². The summed E-state index contributed by atoms with van der Waals surface area (Å²) in [5, 5.41) is 10.0. The number of hydrogen-bond donors (Lipinski definition) is 1. The summed E-state index contributed by atoms with van der Waals surface area (Å²) in [5.41, 5.74) is 1.53. The summed E-state index contributed by atoms with van der Waals surface area (Å²) < 4.78 is 0. The number of hydrogen-bond acceptors (Lipinski definition) is 2. The highest BCUT2D eigenvalue weighted by Gasteiger charge is 2.42. The smallest absolute Gasteiger partial charge is 0.332 e. The molecule has 138 valence electrons. The number of piperidine rings is 1. The summed E-state index contributed by atoms with van der Waals surface area (Å²) >= 11 is 0. The molecule has 3 heteroatoms. The van der Waals surface area contributed by atoms with Crippen molar-refractivity contribution in [2.24, 2.45) is 0 Å². The number of carboxylic acids is 1. The van der Waals surface area contributed by atoms with Gasteiger partial charge in [0.1, 0.15) is 0 Å². The second kappa shape index (κ2) is 7.53. The molecule has 0 saturated carbocycles. The van der Waals surface area contributed by atoms with Crippen LogP contribution < -0.4 is 0 Å². The molecule has 1 saturated heterocycles. The van der Waals surface area contributed by atoms with E-state index in [-0.39, 0.29) is 5.92 Å². The zero-order valence-corrected chi connectivity index (χ0v) is 15.4. The molecule has 1 aliphatic heterocycles. The van der Waals surface area contributed by atoms with Crippen LogP contribution in [0.3, 0.4) is 0 Å². The van der Waals surface area contributed by atoms with Gasteiger partial charge in [-0.1, -0.05) is 85.0 Å². The van der Waals surface area contributed by atoms with Crippen LogP contribution in [0.5, 0.6) is 0 Å². The first-order valence-electron chi connectivity index (χ1n) is 9.66. The van der Waals surface area contributed by atoms with Crippen molar-refractivity contribution in [2.75, 3.05) is 13.1 Å². The second-order valence-electron chi connectivity index (χ2n) is 7.46. The maximum atomic E-state index is 12.2. The number of rotatable bonds is 4. The number of aliphatic carboxylic acids is 1. The summed E-state index contributed by atoms with van der Waals surface area (Å²) in [6, 6.07) is 20.8. The van der Waals surface area contributed by atoms with Crippen LogP contribution in [0.15, 0.2) is 85.0 Å². The van der Waals surface area contributed by atoms with Crippen LogP contribution in [-0.4, -0.2) is 34.6 Å². The molecule has 0 atom stereocenters. The number of nitrogens with zero attached hydrogens (tertiary/aromatic N) is 1. The zero-order chi connectivity index (χ0) is 18.7. The molecular weight excluding hydrogens is 334 g/mol. The van der Waals surface area contributed by atoms with Crippen LogP contribution in [0.1, 0.15) is 35.8 Å². The topological polar surface area (TPSA) is 40.5 Å². The van der Waals surface area contributed by atoms with Gasteiger partial charge in [-0.05, 0) is 29.9 Å². The Morgan fingerprint density at radius 3 is 1.89 bits per heavy atom. The van der Waals surface area contributed by atoms with E-state index in [0.29, 0.717) is 5.92 Å². The number of likely N-dealkylation sites (tertiary alicyclic amines) is 1. The van der Waals surface area contributed by atoms with Crippen molar-refractivity contribution in [3.63, 3.8) is 0 Å². The maximum Gasteiger partial charge on any atom is 0.332 e. The molecule has 1 aliphatic carbocycles. The van der Waals surface area contributed by atoms with Crippen molar-refractivity contribution in [2.45, 2.75) is 30.2 Å². The highest BCUT2D eigenvalue weighted by atomic mass is 16.4. The second-order valence-corrected chi connectivity index (χ2v) is 7.46. The van der Waals surface area contributed by atoms with E-state index in [9.17, 15) is 9.90 Å². The van der Waals surface area contributed by atoms with Crippen molar-refractivity contribution in [1.29, 1.82) is 0 Å². The highest BCUT2D eigenvalue weighted by Crippen LogP contribution is 2.35. The van der Waals surface area contributed by atoms with E-state index in [0.717, 1.165) is 25.9 Å². The van der Waals surface area contributed by atoms with Crippen molar-refractivity contribution < 1.29 is 9.90 Å². The predicted octanol–water partition coefficient (Wildman–Crippen LogP) is 4.60. The third-order valence-corrected chi connectivity index (χ3v) is 5.93. The molecule has 2 aromatic carbocycles. The van der Waals surface area contributed by atoms with Crippen molar-refractivity contribution in [1.82, 2.24) is 4.90 Å². The van der Waals surface area contributed by atoms with Gasteiger partial charge < -0.3 is 5.11 Å².